The van der Waals surface area contributed by atoms with Crippen molar-refractivity contribution in [3.05, 3.63) is 23.4 Å². The average Bonchev–Trinajstić information content (AvgIpc) is 3.24. The molecule has 0 radical (unpaired) electrons. The van der Waals surface area contributed by atoms with Gasteiger partial charge in [0.15, 0.2) is 11.6 Å². The lowest BCUT2D eigenvalue weighted by atomic mass is 9.96. The predicted octanol–water partition coefficient (Wildman–Crippen LogP) is 1.75. The minimum atomic E-state index is -0.0443. The molecule has 2 amide bonds. The highest BCUT2D eigenvalue weighted by atomic mass is 16.5. The molecule has 0 aromatic carbocycles. The van der Waals surface area contributed by atoms with Crippen molar-refractivity contribution in [2.75, 3.05) is 19.6 Å². The summed E-state index contributed by atoms with van der Waals surface area (Å²) in [4.78, 5) is 22.8. The highest BCUT2D eigenvalue weighted by molar-refractivity contribution is 5.74. The minimum Gasteiger partial charge on any atom is -0.339 e. The zero-order valence-electron chi connectivity index (χ0n) is 14.9. The molecule has 2 aromatic heterocycles. The summed E-state index contributed by atoms with van der Waals surface area (Å²) in [6.45, 7) is 7.82. The zero-order chi connectivity index (χ0) is 17.8. The van der Waals surface area contributed by atoms with E-state index >= 15 is 0 Å². The van der Waals surface area contributed by atoms with Crippen LogP contribution < -0.4 is 5.32 Å². The van der Waals surface area contributed by atoms with Gasteiger partial charge in [0.2, 0.25) is 5.89 Å². The molecule has 1 aliphatic rings. The van der Waals surface area contributed by atoms with Crippen molar-refractivity contribution in [3.63, 3.8) is 0 Å². The summed E-state index contributed by atoms with van der Waals surface area (Å²) in [7, 11) is 0. The van der Waals surface area contributed by atoms with Gasteiger partial charge >= 0.3 is 6.03 Å². The Bertz CT molecular complexity index is 701. The van der Waals surface area contributed by atoms with Crippen LogP contribution in [0, 0.1) is 6.92 Å². The molecular formula is C16H25N7O2. The van der Waals surface area contributed by atoms with E-state index < -0.39 is 0 Å². The Balaban J connectivity index is 1.40. The molecule has 2 aromatic rings. The first kappa shape index (κ1) is 17.4. The van der Waals surface area contributed by atoms with E-state index in [1.165, 1.54) is 0 Å². The number of likely N-dealkylation sites (tertiary alicyclic amines) is 1. The number of nitrogens with one attached hydrogen (secondary N) is 2. The second kappa shape index (κ2) is 7.62. The fraction of sp³-hybridized carbons (Fsp3) is 0.688. The second-order valence-corrected chi connectivity index (χ2v) is 6.73. The van der Waals surface area contributed by atoms with Crippen LogP contribution in [0.25, 0.3) is 0 Å². The first-order valence-electron chi connectivity index (χ1n) is 8.77. The third-order valence-corrected chi connectivity index (χ3v) is 4.36. The monoisotopic (exact) mass is 347 g/mol. The fourth-order valence-corrected chi connectivity index (χ4v) is 2.88. The number of hydrogen-bond acceptors (Lipinski definition) is 6. The molecule has 9 heteroatoms. The third kappa shape index (κ3) is 4.34. The number of piperidine rings is 1. The van der Waals surface area contributed by atoms with Gasteiger partial charge in [0, 0.05) is 37.9 Å². The molecule has 0 saturated carbocycles. The quantitative estimate of drug-likeness (QED) is 0.852. The van der Waals surface area contributed by atoms with E-state index in [0.717, 1.165) is 24.5 Å². The summed E-state index contributed by atoms with van der Waals surface area (Å²) in [5.74, 6) is 3.48. The molecule has 0 bridgehead atoms. The Hall–Kier alpha value is -2.45. The largest absolute Gasteiger partial charge is 0.339 e. The SMILES string of the molecule is Cc1nc(C2CCN(C(=O)NCCc3noc(C(C)C)n3)CC2)n[nH]1. The van der Waals surface area contributed by atoms with Gasteiger partial charge in [-0.05, 0) is 19.8 Å². The van der Waals surface area contributed by atoms with Crippen molar-refractivity contribution in [3.8, 4) is 0 Å². The van der Waals surface area contributed by atoms with Gasteiger partial charge in [-0.25, -0.2) is 9.78 Å². The highest BCUT2D eigenvalue weighted by Crippen LogP contribution is 2.25. The van der Waals surface area contributed by atoms with Crippen molar-refractivity contribution in [2.24, 2.45) is 0 Å². The van der Waals surface area contributed by atoms with Crippen LogP contribution in [-0.4, -0.2) is 55.9 Å². The molecule has 2 N–H and O–H groups in total. The summed E-state index contributed by atoms with van der Waals surface area (Å²) in [5, 5.41) is 14.0. The van der Waals surface area contributed by atoms with Crippen molar-refractivity contribution < 1.29 is 9.32 Å². The zero-order valence-corrected chi connectivity index (χ0v) is 14.9. The van der Waals surface area contributed by atoms with E-state index in [9.17, 15) is 4.79 Å². The van der Waals surface area contributed by atoms with Gasteiger partial charge in [0.1, 0.15) is 5.82 Å². The van der Waals surface area contributed by atoms with Crippen molar-refractivity contribution in [2.45, 2.75) is 51.9 Å². The first-order valence-corrected chi connectivity index (χ1v) is 8.77. The summed E-state index contributed by atoms with van der Waals surface area (Å²) < 4.78 is 5.16. The number of hydrogen-bond donors (Lipinski definition) is 2. The van der Waals surface area contributed by atoms with Crippen LogP contribution in [0.15, 0.2) is 4.52 Å². The van der Waals surface area contributed by atoms with Crippen LogP contribution in [0.3, 0.4) is 0 Å². The minimum absolute atomic E-state index is 0.0443. The molecule has 3 rings (SSSR count). The number of aromatic amines is 1. The van der Waals surface area contributed by atoms with E-state index in [-0.39, 0.29) is 11.9 Å². The van der Waals surface area contributed by atoms with E-state index in [0.29, 0.717) is 43.7 Å². The van der Waals surface area contributed by atoms with Crippen LogP contribution >= 0.6 is 0 Å². The molecule has 25 heavy (non-hydrogen) atoms. The lowest BCUT2D eigenvalue weighted by molar-refractivity contribution is 0.180. The van der Waals surface area contributed by atoms with Gasteiger partial charge in [-0.1, -0.05) is 19.0 Å². The lowest BCUT2D eigenvalue weighted by Gasteiger charge is -2.30. The molecule has 1 fully saturated rings. The molecule has 0 unspecified atom stereocenters. The Morgan fingerprint density at radius 1 is 1.36 bits per heavy atom. The Labute approximate surface area is 146 Å². The highest BCUT2D eigenvalue weighted by Gasteiger charge is 2.26. The lowest BCUT2D eigenvalue weighted by Crippen LogP contribution is -2.44. The molecule has 0 aliphatic carbocycles. The third-order valence-electron chi connectivity index (χ3n) is 4.36. The molecule has 0 atom stereocenters. The molecule has 136 valence electrons. The number of urea groups is 1. The Kier molecular flexibility index (Phi) is 5.30. The summed E-state index contributed by atoms with van der Waals surface area (Å²) in [6.07, 6.45) is 2.33. The standard InChI is InChI=1S/C16H25N7O2/c1-10(2)15-19-13(22-25-15)4-7-17-16(24)23-8-5-12(6-9-23)14-18-11(3)20-21-14/h10,12H,4-9H2,1-3H3,(H,17,24)(H,18,20,21). The van der Waals surface area contributed by atoms with Gasteiger partial charge in [-0.2, -0.15) is 10.1 Å². The van der Waals surface area contributed by atoms with E-state index in [4.69, 9.17) is 4.52 Å². The summed E-state index contributed by atoms with van der Waals surface area (Å²) in [5.41, 5.74) is 0. The smallest absolute Gasteiger partial charge is 0.317 e. The van der Waals surface area contributed by atoms with Crippen molar-refractivity contribution in [1.82, 2.24) is 35.5 Å². The summed E-state index contributed by atoms with van der Waals surface area (Å²) >= 11 is 0. The van der Waals surface area contributed by atoms with Crippen LogP contribution in [0.5, 0.6) is 0 Å². The molecule has 1 aliphatic heterocycles. The maximum Gasteiger partial charge on any atom is 0.317 e. The number of amides is 2. The van der Waals surface area contributed by atoms with Crippen molar-refractivity contribution >= 4 is 6.03 Å². The van der Waals surface area contributed by atoms with Gasteiger partial charge in [-0.3, -0.25) is 5.10 Å². The number of carbonyl (C=O) groups excluding carboxylic acids is 1. The van der Waals surface area contributed by atoms with Gasteiger partial charge < -0.3 is 14.7 Å². The van der Waals surface area contributed by atoms with E-state index in [2.05, 4.69) is 30.6 Å². The predicted molar refractivity (Wildman–Crippen MR) is 90.2 cm³/mol. The molecular weight excluding hydrogens is 322 g/mol. The maximum absolute atomic E-state index is 12.3. The number of nitrogens with zero attached hydrogens (tertiary/aromatic N) is 5. The summed E-state index contributed by atoms with van der Waals surface area (Å²) in [6, 6.07) is -0.0443. The topological polar surface area (TPSA) is 113 Å². The van der Waals surface area contributed by atoms with E-state index in [1.54, 1.807) is 0 Å². The second-order valence-electron chi connectivity index (χ2n) is 6.73. The number of aromatic nitrogens is 5. The normalized spacial score (nSPS) is 15.8. The number of H-pyrrole nitrogens is 1. The maximum atomic E-state index is 12.3. The average molecular weight is 347 g/mol. The van der Waals surface area contributed by atoms with Crippen LogP contribution in [0.4, 0.5) is 4.79 Å². The van der Waals surface area contributed by atoms with E-state index in [1.807, 2.05) is 25.7 Å². The molecule has 9 nitrogen and oxygen atoms in total. The van der Waals surface area contributed by atoms with Gasteiger partial charge in [-0.15, -0.1) is 0 Å². The van der Waals surface area contributed by atoms with Gasteiger partial charge in [0.05, 0.1) is 0 Å². The first-order chi connectivity index (χ1) is 12.0. The Morgan fingerprint density at radius 2 is 2.12 bits per heavy atom. The molecule has 0 spiro atoms. The van der Waals surface area contributed by atoms with Crippen LogP contribution in [-0.2, 0) is 6.42 Å². The molecule has 3 heterocycles. The van der Waals surface area contributed by atoms with Crippen molar-refractivity contribution in [1.29, 1.82) is 0 Å². The number of carbonyl (C=O) groups is 1. The number of rotatable bonds is 5. The Morgan fingerprint density at radius 3 is 2.72 bits per heavy atom. The van der Waals surface area contributed by atoms with Crippen LogP contribution in [0.1, 0.15) is 61.9 Å². The fourth-order valence-electron chi connectivity index (χ4n) is 2.88. The van der Waals surface area contributed by atoms with Crippen LogP contribution in [0.2, 0.25) is 0 Å². The van der Waals surface area contributed by atoms with Gasteiger partial charge in [0.25, 0.3) is 0 Å². The molecule has 1 saturated heterocycles. The number of aryl methyl sites for hydroxylation is 1.